The van der Waals surface area contributed by atoms with Crippen molar-refractivity contribution in [3.63, 3.8) is 0 Å². The molecule has 1 aliphatic heterocycles. The molecule has 2 aromatic rings. The van der Waals surface area contributed by atoms with Gasteiger partial charge in [0.05, 0.1) is 0 Å². The molecule has 2 fully saturated rings. The molecule has 4 rings (SSSR count). The highest BCUT2D eigenvalue weighted by molar-refractivity contribution is 6.31. The van der Waals surface area contributed by atoms with Gasteiger partial charge in [0.1, 0.15) is 5.52 Å². The normalized spacial score (nSPS) is 19.6. The molecule has 0 atom stereocenters. The largest absolute Gasteiger partial charge is 0.423 e. The molecule has 25 heavy (non-hydrogen) atoms. The molecule has 1 aromatic heterocycles. The van der Waals surface area contributed by atoms with Crippen molar-refractivity contribution in [3.8, 4) is 0 Å². The van der Waals surface area contributed by atoms with Crippen molar-refractivity contribution in [1.29, 1.82) is 0 Å². The number of carbonyl (C=O) groups is 1. The number of amides is 1. The summed E-state index contributed by atoms with van der Waals surface area (Å²) in [6.07, 6.45) is 7.43. The van der Waals surface area contributed by atoms with E-state index in [9.17, 15) is 4.79 Å². The molecule has 2 aliphatic rings. The number of halogens is 1. The first-order chi connectivity index (χ1) is 12.2. The molecule has 5 nitrogen and oxygen atoms in total. The van der Waals surface area contributed by atoms with Crippen molar-refractivity contribution >= 4 is 34.6 Å². The Hall–Kier alpha value is -1.75. The summed E-state index contributed by atoms with van der Waals surface area (Å²) in [6.45, 7) is 1.75. The number of hydrogen-bond acceptors (Lipinski definition) is 4. The van der Waals surface area contributed by atoms with Crippen LogP contribution in [-0.2, 0) is 4.79 Å². The first kappa shape index (κ1) is 16.7. The van der Waals surface area contributed by atoms with Crippen molar-refractivity contribution in [2.45, 2.75) is 51.0 Å². The summed E-state index contributed by atoms with van der Waals surface area (Å²) in [7, 11) is 0. The van der Waals surface area contributed by atoms with Gasteiger partial charge >= 0.3 is 0 Å². The van der Waals surface area contributed by atoms with E-state index in [-0.39, 0.29) is 5.91 Å². The SMILES string of the molecule is O=C(CC1CCN(c2nc3cc(Cl)ccc3o2)CC1)NC1CCCC1. The maximum Gasteiger partial charge on any atom is 0.298 e. The minimum absolute atomic E-state index is 0.224. The lowest BCUT2D eigenvalue weighted by molar-refractivity contribution is -0.122. The van der Waals surface area contributed by atoms with Gasteiger partial charge in [0.2, 0.25) is 5.91 Å². The molecule has 1 saturated heterocycles. The number of fused-ring (bicyclic) bond motifs is 1. The topological polar surface area (TPSA) is 58.4 Å². The standard InChI is InChI=1S/C19H24ClN3O2/c20-14-5-6-17-16(12-14)22-19(25-17)23-9-7-13(8-10-23)11-18(24)21-15-3-1-2-4-15/h5-6,12-13,15H,1-4,7-11H2,(H,21,24). The molecular formula is C19H24ClN3O2. The number of rotatable bonds is 4. The smallest absolute Gasteiger partial charge is 0.298 e. The Balaban J connectivity index is 1.30. The van der Waals surface area contributed by atoms with Crippen LogP contribution in [0.3, 0.4) is 0 Å². The Kier molecular flexibility index (Phi) is 4.84. The van der Waals surface area contributed by atoms with Gasteiger partial charge in [-0.3, -0.25) is 4.79 Å². The van der Waals surface area contributed by atoms with Crippen molar-refractivity contribution in [2.75, 3.05) is 18.0 Å². The van der Waals surface area contributed by atoms with E-state index in [0.29, 0.717) is 29.4 Å². The molecule has 0 radical (unpaired) electrons. The molecule has 0 unspecified atom stereocenters. The van der Waals surface area contributed by atoms with Crippen LogP contribution in [0.25, 0.3) is 11.1 Å². The number of nitrogens with one attached hydrogen (secondary N) is 1. The minimum Gasteiger partial charge on any atom is -0.423 e. The van der Waals surface area contributed by atoms with Crippen LogP contribution in [0, 0.1) is 5.92 Å². The number of piperidine rings is 1. The summed E-state index contributed by atoms with van der Waals surface area (Å²) in [6, 6.07) is 6.57. The van der Waals surface area contributed by atoms with Gasteiger partial charge < -0.3 is 14.6 Å². The number of anilines is 1. The highest BCUT2D eigenvalue weighted by atomic mass is 35.5. The van der Waals surface area contributed by atoms with Gasteiger partial charge in [0, 0.05) is 30.6 Å². The molecular weight excluding hydrogens is 338 g/mol. The summed E-state index contributed by atoms with van der Waals surface area (Å²) in [5.74, 6) is 0.679. The van der Waals surface area contributed by atoms with Crippen LogP contribution in [-0.4, -0.2) is 30.0 Å². The summed E-state index contributed by atoms with van der Waals surface area (Å²) in [5, 5.41) is 3.86. The predicted molar refractivity (Wildman–Crippen MR) is 99.0 cm³/mol. The van der Waals surface area contributed by atoms with Crippen LogP contribution >= 0.6 is 11.6 Å². The third-order valence-corrected chi connectivity index (χ3v) is 5.65. The lowest BCUT2D eigenvalue weighted by Crippen LogP contribution is -2.38. The summed E-state index contributed by atoms with van der Waals surface area (Å²) in [4.78, 5) is 18.9. The Morgan fingerprint density at radius 3 is 2.76 bits per heavy atom. The van der Waals surface area contributed by atoms with Crippen LogP contribution in [0.1, 0.15) is 44.9 Å². The van der Waals surface area contributed by atoms with Gasteiger partial charge in [-0.05, 0) is 49.8 Å². The average molecular weight is 362 g/mol. The first-order valence-electron chi connectivity index (χ1n) is 9.28. The van der Waals surface area contributed by atoms with E-state index in [1.54, 1.807) is 0 Å². The first-order valence-corrected chi connectivity index (χ1v) is 9.65. The quantitative estimate of drug-likeness (QED) is 0.888. The Bertz CT molecular complexity index is 746. The monoisotopic (exact) mass is 361 g/mol. The number of aromatic nitrogens is 1. The zero-order valence-electron chi connectivity index (χ0n) is 14.3. The second-order valence-electron chi connectivity index (χ2n) is 7.29. The lowest BCUT2D eigenvalue weighted by Gasteiger charge is -2.30. The van der Waals surface area contributed by atoms with Crippen LogP contribution < -0.4 is 10.2 Å². The Labute approximate surface area is 152 Å². The third kappa shape index (κ3) is 3.92. The van der Waals surface area contributed by atoms with Crippen LogP contribution in [0.4, 0.5) is 6.01 Å². The van der Waals surface area contributed by atoms with Gasteiger partial charge in [0.25, 0.3) is 6.01 Å². The van der Waals surface area contributed by atoms with Crippen molar-refractivity contribution in [1.82, 2.24) is 10.3 Å². The van der Waals surface area contributed by atoms with Crippen molar-refractivity contribution in [3.05, 3.63) is 23.2 Å². The predicted octanol–water partition coefficient (Wildman–Crippen LogP) is 4.15. The summed E-state index contributed by atoms with van der Waals surface area (Å²) in [5.41, 5.74) is 1.55. The molecule has 1 amide bonds. The second kappa shape index (κ2) is 7.24. The highest BCUT2D eigenvalue weighted by Gasteiger charge is 2.25. The summed E-state index contributed by atoms with van der Waals surface area (Å²) >= 11 is 6.01. The van der Waals surface area contributed by atoms with E-state index < -0.39 is 0 Å². The third-order valence-electron chi connectivity index (χ3n) is 5.42. The van der Waals surface area contributed by atoms with E-state index in [2.05, 4.69) is 15.2 Å². The maximum atomic E-state index is 12.2. The molecule has 1 aromatic carbocycles. The highest BCUT2D eigenvalue weighted by Crippen LogP contribution is 2.29. The number of hydrogen-bond donors (Lipinski definition) is 1. The molecule has 1 aliphatic carbocycles. The van der Waals surface area contributed by atoms with E-state index in [1.807, 2.05) is 18.2 Å². The van der Waals surface area contributed by atoms with Crippen LogP contribution in [0.5, 0.6) is 0 Å². The maximum absolute atomic E-state index is 12.2. The van der Waals surface area contributed by atoms with Crippen LogP contribution in [0.2, 0.25) is 5.02 Å². The van der Waals surface area contributed by atoms with Gasteiger partial charge in [-0.2, -0.15) is 4.98 Å². The zero-order valence-corrected chi connectivity index (χ0v) is 15.1. The van der Waals surface area contributed by atoms with Crippen LogP contribution in [0.15, 0.2) is 22.6 Å². The average Bonchev–Trinajstić information content (AvgIpc) is 3.24. The van der Waals surface area contributed by atoms with Gasteiger partial charge in [0.15, 0.2) is 5.58 Å². The van der Waals surface area contributed by atoms with E-state index in [0.717, 1.165) is 49.9 Å². The number of benzene rings is 1. The second-order valence-corrected chi connectivity index (χ2v) is 7.73. The van der Waals surface area contributed by atoms with Gasteiger partial charge in [-0.25, -0.2) is 0 Å². The Morgan fingerprint density at radius 1 is 1.24 bits per heavy atom. The number of oxazole rings is 1. The van der Waals surface area contributed by atoms with Gasteiger partial charge in [-0.15, -0.1) is 0 Å². The van der Waals surface area contributed by atoms with Gasteiger partial charge in [-0.1, -0.05) is 24.4 Å². The fourth-order valence-corrected chi connectivity index (χ4v) is 4.14. The lowest BCUT2D eigenvalue weighted by atomic mass is 9.93. The number of carbonyl (C=O) groups excluding carboxylic acids is 1. The molecule has 0 bridgehead atoms. The summed E-state index contributed by atoms with van der Waals surface area (Å²) < 4.78 is 5.84. The Morgan fingerprint density at radius 2 is 2.00 bits per heavy atom. The van der Waals surface area contributed by atoms with Crippen molar-refractivity contribution < 1.29 is 9.21 Å². The molecule has 2 heterocycles. The van der Waals surface area contributed by atoms with Crippen molar-refractivity contribution in [2.24, 2.45) is 5.92 Å². The molecule has 134 valence electrons. The fourth-order valence-electron chi connectivity index (χ4n) is 3.97. The molecule has 6 heteroatoms. The number of nitrogens with zero attached hydrogens (tertiary/aromatic N) is 2. The van der Waals surface area contributed by atoms with E-state index >= 15 is 0 Å². The molecule has 1 N–H and O–H groups in total. The van der Waals surface area contributed by atoms with E-state index in [4.69, 9.17) is 16.0 Å². The molecule has 0 spiro atoms. The fraction of sp³-hybridized carbons (Fsp3) is 0.579. The molecule has 1 saturated carbocycles. The zero-order chi connectivity index (χ0) is 17.2. The minimum atomic E-state index is 0.224. The van der Waals surface area contributed by atoms with E-state index in [1.165, 1.54) is 12.8 Å².